The summed E-state index contributed by atoms with van der Waals surface area (Å²) in [5, 5.41) is 11.8. The summed E-state index contributed by atoms with van der Waals surface area (Å²) in [5.41, 5.74) is 2.83. The lowest BCUT2D eigenvalue weighted by atomic mass is 10.1. The van der Waals surface area contributed by atoms with Gasteiger partial charge in [0, 0.05) is 43.7 Å². The van der Waals surface area contributed by atoms with E-state index in [0.717, 1.165) is 49.8 Å². The highest BCUT2D eigenvalue weighted by atomic mass is 16.3. The molecule has 1 amide bonds. The maximum Gasteiger partial charge on any atom is 0.252 e. The van der Waals surface area contributed by atoms with E-state index in [2.05, 4.69) is 25.0 Å². The van der Waals surface area contributed by atoms with Crippen LogP contribution in [-0.4, -0.2) is 38.7 Å². The highest BCUT2D eigenvalue weighted by Gasteiger charge is 2.23. The summed E-state index contributed by atoms with van der Waals surface area (Å²) in [5.74, 6) is 1.70. The van der Waals surface area contributed by atoms with E-state index < -0.39 is 0 Å². The number of furan rings is 1. The Balaban J connectivity index is 1.44. The lowest BCUT2D eigenvalue weighted by molar-refractivity contribution is 0.0937. The second-order valence-corrected chi connectivity index (χ2v) is 7.29. The highest BCUT2D eigenvalue weighted by Crippen LogP contribution is 2.18. The molecule has 0 spiro atoms. The Bertz CT molecular complexity index is 948. The largest absolute Gasteiger partial charge is 0.472 e. The minimum atomic E-state index is -0.214. The molecule has 7 nitrogen and oxygen atoms in total. The number of aromatic nitrogens is 3. The van der Waals surface area contributed by atoms with Gasteiger partial charge in [-0.25, -0.2) is 0 Å². The molecule has 0 fully saturated rings. The number of carbonyl (C=O) groups excluding carboxylic acids is 1. The molecule has 0 saturated heterocycles. The topological polar surface area (TPSA) is 76.2 Å². The molecule has 3 aromatic rings. The molecule has 2 aromatic heterocycles. The van der Waals surface area contributed by atoms with Crippen LogP contribution in [0.3, 0.4) is 0 Å². The maximum atomic E-state index is 12.7. The van der Waals surface area contributed by atoms with Crippen molar-refractivity contribution in [2.24, 2.45) is 0 Å². The number of hydrogen-bond acceptors (Lipinski definition) is 5. The number of aryl methyl sites for hydroxylation is 1. The number of nitrogens with zero attached hydrogens (tertiary/aromatic N) is 4. The molecule has 0 bridgehead atoms. The van der Waals surface area contributed by atoms with Gasteiger partial charge in [-0.15, -0.1) is 10.2 Å². The van der Waals surface area contributed by atoms with Crippen molar-refractivity contribution in [1.29, 1.82) is 0 Å². The summed E-state index contributed by atoms with van der Waals surface area (Å²) < 4.78 is 7.32. The third-order valence-electron chi connectivity index (χ3n) is 5.26. The molecule has 0 aliphatic carbocycles. The molecule has 1 unspecified atom stereocenters. The van der Waals surface area contributed by atoms with Gasteiger partial charge in [-0.1, -0.05) is 18.2 Å². The summed E-state index contributed by atoms with van der Waals surface area (Å²) >= 11 is 0. The Labute approximate surface area is 164 Å². The summed E-state index contributed by atoms with van der Waals surface area (Å²) in [6, 6.07) is 9.38. The number of hydrogen-bond donors (Lipinski definition) is 1. The van der Waals surface area contributed by atoms with Gasteiger partial charge in [0.25, 0.3) is 5.91 Å². The van der Waals surface area contributed by atoms with Gasteiger partial charge in [0.2, 0.25) is 0 Å². The predicted octanol–water partition coefficient (Wildman–Crippen LogP) is 2.73. The van der Waals surface area contributed by atoms with E-state index in [1.54, 1.807) is 12.5 Å². The number of nitrogens with one attached hydrogen (secondary N) is 1. The first kappa shape index (κ1) is 18.4. The van der Waals surface area contributed by atoms with Gasteiger partial charge < -0.3 is 14.3 Å². The molecule has 1 atom stereocenters. The fourth-order valence-electron chi connectivity index (χ4n) is 3.67. The van der Waals surface area contributed by atoms with E-state index >= 15 is 0 Å². The van der Waals surface area contributed by atoms with Crippen LogP contribution in [0.2, 0.25) is 0 Å². The Hall–Kier alpha value is -2.93. The molecule has 3 heterocycles. The lowest BCUT2D eigenvalue weighted by Crippen LogP contribution is -2.30. The zero-order valence-corrected chi connectivity index (χ0v) is 16.3. The molecular weight excluding hydrogens is 354 g/mol. The van der Waals surface area contributed by atoms with Crippen LogP contribution in [0.4, 0.5) is 0 Å². The zero-order valence-electron chi connectivity index (χ0n) is 16.3. The quantitative estimate of drug-likeness (QED) is 0.738. The fraction of sp³-hybridized carbons (Fsp3) is 0.381. The summed E-state index contributed by atoms with van der Waals surface area (Å²) in [7, 11) is 0. The Morgan fingerprint density at radius 2 is 2.07 bits per heavy atom. The van der Waals surface area contributed by atoms with E-state index in [1.165, 1.54) is 5.56 Å². The number of rotatable bonds is 5. The average Bonchev–Trinajstić information content (AvgIpc) is 3.29. The van der Waals surface area contributed by atoms with E-state index in [1.807, 2.05) is 44.2 Å². The van der Waals surface area contributed by atoms with Crippen molar-refractivity contribution in [3.05, 3.63) is 71.2 Å². The number of amides is 1. The third-order valence-corrected chi connectivity index (χ3v) is 5.26. The van der Waals surface area contributed by atoms with Gasteiger partial charge >= 0.3 is 0 Å². The fourth-order valence-corrected chi connectivity index (χ4v) is 3.67. The Morgan fingerprint density at radius 3 is 2.86 bits per heavy atom. The second kappa shape index (κ2) is 7.98. The standard InChI is InChI=1S/C21H25N5O2/c1-15-5-3-4-6-18(15)21(27)22-16(2)20-24-23-19-7-9-25(10-11-26(19)20)13-17-8-12-28-14-17/h3-6,8,12,14,16H,7,9-11,13H2,1-2H3,(H,22,27). The maximum absolute atomic E-state index is 12.7. The average molecular weight is 379 g/mol. The van der Waals surface area contributed by atoms with Crippen LogP contribution in [-0.2, 0) is 19.5 Å². The molecule has 0 radical (unpaired) electrons. The van der Waals surface area contributed by atoms with E-state index in [4.69, 9.17) is 4.42 Å². The summed E-state index contributed by atoms with van der Waals surface area (Å²) in [4.78, 5) is 15.0. The minimum Gasteiger partial charge on any atom is -0.472 e. The zero-order chi connectivity index (χ0) is 19.5. The van der Waals surface area contributed by atoms with Crippen LogP contribution >= 0.6 is 0 Å². The van der Waals surface area contributed by atoms with Gasteiger partial charge in [-0.3, -0.25) is 9.69 Å². The van der Waals surface area contributed by atoms with Crippen LogP contribution in [0.25, 0.3) is 0 Å². The summed E-state index contributed by atoms with van der Waals surface area (Å²) in [6.45, 7) is 7.40. The first-order valence-corrected chi connectivity index (χ1v) is 9.63. The van der Waals surface area contributed by atoms with Gasteiger partial charge in [0.1, 0.15) is 5.82 Å². The van der Waals surface area contributed by atoms with E-state index in [-0.39, 0.29) is 11.9 Å². The first-order chi connectivity index (χ1) is 13.6. The van der Waals surface area contributed by atoms with Gasteiger partial charge in [-0.2, -0.15) is 0 Å². The third kappa shape index (κ3) is 3.84. The molecule has 7 heteroatoms. The molecule has 1 aliphatic heterocycles. The van der Waals surface area contributed by atoms with Crippen molar-refractivity contribution in [3.63, 3.8) is 0 Å². The molecule has 0 saturated carbocycles. The van der Waals surface area contributed by atoms with Crippen molar-refractivity contribution in [2.75, 3.05) is 13.1 Å². The van der Waals surface area contributed by atoms with Gasteiger partial charge in [-0.05, 0) is 31.5 Å². The predicted molar refractivity (Wildman–Crippen MR) is 105 cm³/mol. The van der Waals surface area contributed by atoms with Crippen molar-refractivity contribution in [1.82, 2.24) is 25.0 Å². The van der Waals surface area contributed by atoms with Crippen molar-refractivity contribution < 1.29 is 9.21 Å². The molecule has 1 aliphatic rings. The lowest BCUT2D eigenvalue weighted by Gasteiger charge is -2.19. The second-order valence-electron chi connectivity index (χ2n) is 7.29. The van der Waals surface area contributed by atoms with Crippen molar-refractivity contribution >= 4 is 5.91 Å². The number of benzene rings is 1. The number of fused-ring (bicyclic) bond motifs is 1. The summed E-state index contributed by atoms with van der Waals surface area (Å²) in [6.07, 6.45) is 4.34. The van der Waals surface area contributed by atoms with Crippen LogP contribution in [0.5, 0.6) is 0 Å². The van der Waals surface area contributed by atoms with Gasteiger partial charge in [0.15, 0.2) is 5.82 Å². The molecule has 28 heavy (non-hydrogen) atoms. The first-order valence-electron chi connectivity index (χ1n) is 9.63. The SMILES string of the molecule is Cc1ccccc1C(=O)NC(C)c1nnc2n1CCN(Cc1ccoc1)CC2. The van der Waals surface area contributed by atoms with Crippen LogP contribution in [0.1, 0.15) is 46.1 Å². The van der Waals surface area contributed by atoms with Gasteiger partial charge in [0.05, 0.1) is 18.6 Å². The van der Waals surface area contributed by atoms with Crippen LogP contribution in [0, 0.1) is 6.92 Å². The monoisotopic (exact) mass is 379 g/mol. The van der Waals surface area contributed by atoms with Crippen LogP contribution < -0.4 is 5.32 Å². The Morgan fingerprint density at radius 1 is 1.21 bits per heavy atom. The molecular formula is C21H25N5O2. The Kier molecular flexibility index (Phi) is 5.25. The van der Waals surface area contributed by atoms with Crippen molar-refractivity contribution in [2.45, 2.75) is 39.4 Å². The van der Waals surface area contributed by atoms with E-state index in [9.17, 15) is 4.79 Å². The molecule has 146 valence electrons. The van der Waals surface area contributed by atoms with Crippen molar-refractivity contribution in [3.8, 4) is 0 Å². The highest BCUT2D eigenvalue weighted by molar-refractivity contribution is 5.95. The number of carbonyl (C=O) groups is 1. The molecule has 1 N–H and O–H groups in total. The minimum absolute atomic E-state index is 0.0850. The van der Waals surface area contributed by atoms with Crippen LogP contribution in [0.15, 0.2) is 47.3 Å². The van der Waals surface area contributed by atoms with E-state index in [0.29, 0.717) is 5.56 Å². The normalized spacial score (nSPS) is 15.6. The smallest absolute Gasteiger partial charge is 0.252 e. The molecule has 1 aromatic carbocycles. The molecule has 4 rings (SSSR count).